The molecule has 0 fully saturated rings. The normalized spacial score (nSPS) is 11.5. The third kappa shape index (κ3) is 1.95. The lowest BCUT2D eigenvalue weighted by Gasteiger charge is -1.98. The number of sulfone groups is 1. The van der Waals surface area contributed by atoms with Gasteiger partial charge in [-0.2, -0.15) is 0 Å². The van der Waals surface area contributed by atoms with Crippen molar-refractivity contribution in [2.45, 2.75) is 11.9 Å². The first-order chi connectivity index (χ1) is 5.56. The summed E-state index contributed by atoms with van der Waals surface area (Å²) in [6, 6.07) is 2.89. The highest BCUT2D eigenvalue weighted by molar-refractivity contribution is 7.91. The van der Waals surface area contributed by atoms with E-state index in [1.54, 1.807) is 6.92 Å². The van der Waals surface area contributed by atoms with Gasteiger partial charge in [-0.1, -0.05) is 18.5 Å². The molecule has 0 bridgehead atoms. The summed E-state index contributed by atoms with van der Waals surface area (Å²) in [7, 11) is -3.22. The number of hydrogen-bond acceptors (Lipinski definition) is 3. The van der Waals surface area contributed by atoms with Crippen LogP contribution in [0.15, 0.2) is 23.4 Å². The van der Waals surface area contributed by atoms with E-state index in [4.69, 9.17) is 11.6 Å². The summed E-state index contributed by atoms with van der Waals surface area (Å²) in [6.45, 7) is 1.57. The third-order valence-electron chi connectivity index (χ3n) is 1.40. The quantitative estimate of drug-likeness (QED) is 0.736. The molecule has 1 rings (SSSR count). The fraction of sp³-hybridized carbons (Fsp3) is 0.286. The van der Waals surface area contributed by atoms with Crippen LogP contribution in [0.4, 0.5) is 0 Å². The van der Waals surface area contributed by atoms with Gasteiger partial charge in [-0.25, -0.2) is 13.4 Å². The molecule has 0 aliphatic rings. The van der Waals surface area contributed by atoms with Crippen LogP contribution < -0.4 is 0 Å². The molecular formula is C7H8ClNO2S. The molecule has 0 aromatic carbocycles. The van der Waals surface area contributed by atoms with Crippen molar-refractivity contribution in [2.24, 2.45) is 0 Å². The fourth-order valence-corrected chi connectivity index (χ4v) is 1.75. The molecule has 1 heterocycles. The molecule has 0 N–H and O–H groups in total. The van der Waals surface area contributed by atoms with Crippen LogP contribution in [0.2, 0.25) is 5.02 Å². The maximum absolute atomic E-state index is 11.2. The average Bonchev–Trinajstić information content (AvgIpc) is 2.05. The van der Waals surface area contributed by atoms with Crippen molar-refractivity contribution in [1.29, 1.82) is 0 Å². The monoisotopic (exact) mass is 205 g/mol. The first-order valence-electron chi connectivity index (χ1n) is 3.40. The molecule has 0 aliphatic carbocycles. The molecule has 66 valence electrons. The molecule has 3 nitrogen and oxygen atoms in total. The Balaban J connectivity index is 3.21. The summed E-state index contributed by atoms with van der Waals surface area (Å²) in [4.78, 5) is 3.71. The van der Waals surface area contributed by atoms with E-state index >= 15 is 0 Å². The largest absolute Gasteiger partial charge is 0.245 e. The van der Waals surface area contributed by atoms with E-state index in [0.29, 0.717) is 5.02 Å². The highest BCUT2D eigenvalue weighted by Crippen LogP contribution is 2.13. The van der Waals surface area contributed by atoms with E-state index in [1.807, 2.05) is 0 Å². The number of halogens is 1. The number of aromatic nitrogens is 1. The molecule has 1 aromatic heterocycles. The Morgan fingerprint density at radius 1 is 1.58 bits per heavy atom. The van der Waals surface area contributed by atoms with Gasteiger partial charge in [0, 0.05) is 11.2 Å². The lowest BCUT2D eigenvalue weighted by molar-refractivity contribution is 0.593. The number of hydrogen-bond donors (Lipinski definition) is 0. The summed E-state index contributed by atoms with van der Waals surface area (Å²) in [5, 5.41) is 0.425. The summed E-state index contributed by atoms with van der Waals surface area (Å²) in [6.07, 6.45) is 1.38. The van der Waals surface area contributed by atoms with Crippen LogP contribution in [0.1, 0.15) is 6.92 Å². The zero-order valence-corrected chi connectivity index (χ0v) is 8.06. The van der Waals surface area contributed by atoms with Crippen LogP contribution in [-0.4, -0.2) is 19.2 Å². The second-order valence-electron chi connectivity index (χ2n) is 2.22. The minimum Gasteiger partial charge on any atom is -0.245 e. The molecule has 0 aliphatic heterocycles. The van der Waals surface area contributed by atoms with Crippen molar-refractivity contribution in [1.82, 2.24) is 4.98 Å². The average molecular weight is 206 g/mol. The van der Waals surface area contributed by atoms with Crippen molar-refractivity contribution in [3.63, 3.8) is 0 Å². The minimum absolute atomic E-state index is 0.0394. The highest BCUT2D eigenvalue weighted by atomic mass is 35.5. The lowest BCUT2D eigenvalue weighted by atomic mass is 10.5. The van der Waals surface area contributed by atoms with Gasteiger partial charge in [0.05, 0.1) is 5.75 Å². The van der Waals surface area contributed by atoms with Crippen LogP contribution in [0.25, 0.3) is 0 Å². The van der Waals surface area contributed by atoms with Crippen LogP contribution in [0.3, 0.4) is 0 Å². The Bertz CT molecular complexity index is 375. The molecular weight excluding hydrogens is 198 g/mol. The molecule has 0 radical (unpaired) electrons. The number of nitrogens with zero attached hydrogens (tertiary/aromatic N) is 1. The molecule has 1 aromatic rings. The first-order valence-corrected chi connectivity index (χ1v) is 5.43. The van der Waals surface area contributed by atoms with Gasteiger partial charge in [0.25, 0.3) is 0 Å². The van der Waals surface area contributed by atoms with Crippen molar-refractivity contribution < 1.29 is 8.42 Å². The Hall–Kier alpha value is -0.610. The lowest BCUT2D eigenvalue weighted by Crippen LogP contribution is -2.05. The highest BCUT2D eigenvalue weighted by Gasteiger charge is 2.12. The van der Waals surface area contributed by atoms with Gasteiger partial charge < -0.3 is 0 Å². The van der Waals surface area contributed by atoms with E-state index in [0.717, 1.165) is 0 Å². The molecule has 0 saturated heterocycles. The first kappa shape index (κ1) is 9.48. The van der Waals surface area contributed by atoms with Crippen molar-refractivity contribution in [2.75, 3.05) is 5.75 Å². The molecule has 5 heteroatoms. The minimum atomic E-state index is -3.22. The van der Waals surface area contributed by atoms with E-state index in [9.17, 15) is 8.42 Å². The summed E-state index contributed by atoms with van der Waals surface area (Å²) in [5.74, 6) is 0.0420. The Kier molecular flexibility index (Phi) is 2.69. The van der Waals surface area contributed by atoms with E-state index in [1.165, 1.54) is 18.3 Å². The summed E-state index contributed by atoms with van der Waals surface area (Å²) in [5.41, 5.74) is 0. The number of rotatable bonds is 2. The zero-order valence-electron chi connectivity index (χ0n) is 6.49. The zero-order chi connectivity index (χ0) is 9.19. The SMILES string of the molecule is CCS(=O)(=O)c1cc(Cl)ccn1. The molecule has 0 unspecified atom stereocenters. The van der Waals surface area contributed by atoms with Crippen LogP contribution in [0.5, 0.6) is 0 Å². The molecule has 0 saturated carbocycles. The Morgan fingerprint density at radius 3 is 2.75 bits per heavy atom. The Labute approximate surface area is 76.3 Å². The summed E-state index contributed by atoms with van der Waals surface area (Å²) < 4.78 is 22.5. The van der Waals surface area contributed by atoms with Crippen LogP contribution >= 0.6 is 11.6 Å². The third-order valence-corrected chi connectivity index (χ3v) is 3.25. The van der Waals surface area contributed by atoms with E-state index in [-0.39, 0.29) is 10.8 Å². The van der Waals surface area contributed by atoms with Gasteiger partial charge in [0.15, 0.2) is 14.9 Å². The predicted octanol–water partition coefficient (Wildman–Crippen LogP) is 1.53. The second-order valence-corrected chi connectivity index (χ2v) is 4.88. The predicted molar refractivity (Wildman–Crippen MR) is 47.0 cm³/mol. The van der Waals surface area contributed by atoms with Gasteiger partial charge in [-0.05, 0) is 12.1 Å². The van der Waals surface area contributed by atoms with Gasteiger partial charge in [0.1, 0.15) is 0 Å². The van der Waals surface area contributed by atoms with Crippen molar-refractivity contribution in [3.05, 3.63) is 23.4 Å². The summed E-state index contributed by atoms with van der Waals surface area (Å²) >= 11 is 5.60. The maximum Gasteiger partial charge on any atom is 0.195 e. The van der Waals surface area contributed by atoms with Crippen LogP contribution in [0, 0.1) is 0 Å². The van der Waals surface area contributed by atoms with Crippen LogP contribution in [-0.2, 0) is 9.84 Å². The van der Waals surface area contributed by atoms with E-state index in [2.05, 4.69) is 4.98 Å². The topological polar surface area (TPSA) is 47.0 Å². The Morgan fingerprint density at radius 2 is 2.25 bits per heavy atom. The smallest absolute Gasteiger partial charge is 0.195 e. The standard InChI is InChI=1S/C7H8ClNO2S/c1-2-12(10,11)7-5-6(8)3-4-9-7/h3-5H,2H2,1H3. The maximum atomic E-state index is 11.2. The van der Waals surface area contributed by atoms with Crippen molar-refractivity contribution in [3.8, 4) is 0 Å². The molecule has 0 amide bonds. The molecule has 12 heavy (non-hydrogen) atoms. The van der Waals surface area contributed by atoms with Gasteiger partial charge >= 0.3 is 0 Å². The molecule has 0 spiro atoms. The molecule has 0 atom stereocenters. The number of pyridine rings is 1. The van der Waals surface area contributed by atoms with Crippen molar-refractivity contribution >= 4 is 21.4 Å². The fourth-order valence-electron chi connectivity index (χ4n) is 0.703. The van der Waals surface area contributed by atoms with E-state index < -0.39 is 9.84 Å². The van der Waals surface area contributed by atoms with Gasteiger partial charge in [0.2, 0.25) is 0 Å². The van der Waals surface area contributed by atoms with Gasteiger partial charge in [-0.3, -0.25) is 0 Å². The van der Waals surface area contributed by atoms with Gasteiger partial charge in [-0.15, -0.1) is 0 Å². The second kappa shape index (κ2) is 3.41.